The second kappa shape index (κ2) is 7.23. The molecule has 0 aliphatic carbocycles. The predicted octanol–water partition coefficient (Wildman–Crippen LogP) is 1.46. The van der Waals surface area contributed by atoms with E-state index >= 15 is 0 Å². The molecule has 0 bridgehead atoms. The van der Waals surface area contributed by atoms with E-state index in [0.717, 1.165) is 4.90 Å². The number of hydrogen-bond acceptors (Lipinski definition) is 4. The first kappa shape index (κ1) is 16.7. The van der Waals surface area contributed by atoms with E-state index in [0.29, 0.717) is 4.90 Å². The zero-order chi connectivity index (χ0) is 12.2. The van der Waals surface area contributed by atoms with Gasteiger partial charge >= 0.3 is 0 Å². The van der Waals surface area contributed by atoms with Crippen LogP contribution in [0.15, 0.2) is 34.1 Å². The Morgan fingerprint density at radius 1 is 1.41 bits per heavy atom. The number of halogens is 1. The first-order valence-corrected chi connectivity index (χ1v) is 7.57. The van der Waals surface area contributed by atoms with Crippen LogP contribution in [0.25, 0.3) is 0 Å². The molecule has 0 heterocycles. The van der Waals surface area contributed by atoms with Crippen LogP contribution in [0.1, 0.15) is 6.92 Å². The standard InChI is InChI=1S/C10H16N2O2S2.ClH/c1-8(7-11)12-16(13,14)10-6-4-3-5-9(10)15-2;/h3-6,8,12H,7,11H2,1-2H3;1H/t8-;/m0./s1. The number of sulfonamides is 1. The molecule has 0 saturated heterocycles. The van der Waals surface area contributed by atoms with E-state index in [-0.39, 0.29) is 25.0 Å². The number of nitrogens with two attached hydrogens (primary N) is 1. The maximum atomic E-state index is 12.0. The summed E-state index contributed by atoms with van der Waals surface area (Å²) in [5.74, 6) is 0. The third kappa shape index (κ3) is 4.48. The molecule has 0 fully saturated rings. The Kier molecular flexibility index (Phi) is 7.11. The molecule has 7 heteroatoms. The van der Waals surface area contributed by atoms with E-state index in [1.807, 2.05) is 12.3 Å². The molecule has 17 heavy (non-hydrogen) atoms. The van der Waals surface area contributed by atoms with Gasteiger partial charge < -0.3 is 5.73 Å². The zero-order valence-electron chi connectivity index (χ0n) is 9.71. The highest BCUT2D eigenvalue weighted by molar-refractivity contribution is 7.99. The smallest absolute Gasteiger partial charge is 0.241 e. The summed E-state index contributed by atoms with van der Waals surface area (Å²) < 4.78 is 26.5. The molecule has 0 aliphatic heterocycles. The molecule has 1 atom stereocenters. The summed E-state index contributed by atoms with van der Waals surface area (Å²) >= 11 is 1.41. The van der Waals surface area contributed by atoms with Crippen molar-refractivity contribution < 1.29 is 8.42 Å². The van der Waals surface area contributed by atoms with Crippen LogP contribution < -0.4 is 10.5 Å². The highest BCUT2D eigenvalue weighted by atomic mass is 35.5. The molecule has 0 amide bonds. The van der Waals surface area contributed by atoms with Crippen molar-refractivity contribution >= 4 is 34.2 Å². The van der Waals surface area contributed by atoms with Crippen LogP contribution in [0.4, 0.5) is 0 Å². The van der Waals surface area contributed by atoms with Crippen molar-refractivity contribution in [3.8, 4) is 0 Å². The molecule has 1 aromatic carbocycles. The van der Waals surface area contributed by atoms with E-state index in [2.05, 4.69) is 4.72 Å². The molecule has 0 aliphatic rings. The van der Waals surface area contributed by atoms with Crippen molar-refractivity contribution in [2.75, 3.05) is 12.8 Å². The molecule has 4 nitrogen and oxygen atoms in total. The Morgan fingerprint density at radius 2 is 2.00 bits per heavy atom. The summed E-state index contributed by atoms with van der Waals surface area (Å²) in [5.41, 5.74) is 5.40. The highest BCUT2D eigenvalue weighted by Gasteiger charge is 2.19. The minimum absolute atomic E-state index is 0. The Hall–Kier alpha value is -0.270. The molecule has 0 radical (unpaired) electrons. The lowest BCUT2D eigenvalue weighted by Gasteiger charge is -2.13. The SMILES string of the molecule is CSc1ccccc1S(=O)(=O)N[C@@H](C)CN.Cl. The van der Waals surface area contributed by atoms with Crippen LogP contribution >= 0.6 is 24.2 Å². The molecule has 0 unspecified atom stereocenters. The quantitative estimate of drug-likeness (QED) is 0.807. The van der Waals surface area contributed by atoms with Crippen LogP contribution in [0.3, 0.4) is 0 Å². The number of thioether (sulfide) groups is 1. The van der Waals surface area contributed by atoms with Crippen LogP contribution in [0, 0.1) is 0 Å². The van der Waals surface area contributed by atoms with Crippen LogP contribution in [0.5, 0.6) is 0 Å². The molecular weight excluding hydrogens is 280 g/mol. The minimum Gasteiger partial charge on any atom is -0.329 e. The summed E-state index contributed by atoms with van der Waals surface area (Å²) in [7, 11) is -3.47. The van der Waals surface area contributed by atoms with E-state index in [9.17, 15) is 8.42 Å². The maximum absolute atomic E-state index is 12.0. The largest absolute Gasteiger partial charge is 0.329 e. The number of benzene rings is 1. The van der Waals surface area contributed by atoms with Crippen molar-refractivity contribution in [1.29, 1.82) is 0 Å². The van der Waals surface area contributed by atoms with Gasteiger partial charge in [0.05, 0.1) is 4.90 Å². The number of hydrogen-bond donors (Lipinski definition) is 2. The van der Waals surface area contributed by atoms with Gasteiger partial charge in [-0.3, -0.25) is 0 Å². The predicted molar refractivity (Wildman–Crippen MR) is 74.3 cm³/mol. The first-order valence-electron chi connectivity index (χ1n) is 4.86. The fourth-order valence-corrected chi connectivity index (χ4v) is 3.62. The second-order valence-electron chi connectivity index (χ2n) is 3.41. The lowest BCUT2D eigenvalue weighted by Crippen LogP contribution is -2.37. The van der Waals surface area contributed by atoms with Crippen LogP contribution in [0.2, 0.25) is 0 Å². The van der Waals surface area contributed by atoms with E-state index in [1.165, 1.54) is 11.8 Å². The summed E-state index contributed by atoms with van der Waals surface area (Å²) in [5, 5.41) is 0. The second-order valence-corrected chi connectivity index (χ2v) is 5.94. The normalized spacial score (nSPS) is 12.9. The average molecular weight is 297 g/mol. The van der Waals surface area contributed by atoms with Gasteiger partial charge in [0.25, 0.3) is 0 Å². The fourth-order valence-electron chi connectivity index (χ4n) is 1.22. The minimum atomic E-state index is -3.47. The van der Waals surface area contributed by atoms with Gasteiger partial charge in [0, 0.05) is 17.5 Å². The van der Waals surface area contributed by atoms with Gasteiger partial charge in [0.1, 0.15) is 0 Å². The van der Waals surface area contributed by atoms with Gasteiger partial charge in [-0.2, -0.15) is 0 Å². The Bertz CT molecular complexity index is 451. The lowest BCUT2D eigenvalue weighted by atomic mass is 10.4. The third-order valence-electron chi connectivity index (χ3n) is 2.07. The van der Waals surface area contributed by atoms with Gasteiger partial charge in [0.15, 0.2) is 0 Å². The third-order valence-corrected chi connectivity index (χ3v) is 4.64. The Morgan fingerprint density at radius 3 is 2.53 bits per heavy atom. The van der Waals surface area contributed by atoms with Gasteiger partial charge in [-0.1, -0.05) is 12.1 Å². The monoisotopic (exact) mass is 296 g/mol. The molecule has 0 spiro atoms. The summed E-state index contributed by atoms with van der Waals surface area (Å²) in [6.45, 7) is 2.01. The molecular formula is C10H17ClN2O2S2. The molecule has 1 aromatic rings. The zero-order valence-corrected chi connectivity index (χ0v) is 12.2. The fraction of sp³-hybridized carbons (Fsp3) is 0.400. The van der Waals surface area contributed by atoms with Crippen molar-refractivity contribution in [1.82, 2.24) is 4.72 Å². The van der Waals surface area contributed by atoms with E-state index in [4.69, 9.17) is 5.73 Å². The number of rotatable bonds is 5. The number of nitrogens with one attached hydrogen (secondary N) is 1. The molecule has 0 saturated carbocycles. The van der Waals surface area contributed by atoms with E-state index in [1.54, 1.807) is 25.1 Å². The first-order chi connectivity index (χ1) is 7.51. The van der Waals surface area contributed by atoms with Gasteiger partial charge in [-0.05, 0) is 25.3 Å². The highest BCUT2D eigenvalue weighted by Crippen LogP contribution is 2.24. The molecule has 1 rings (SSSR count). The maximum Gasteiger partial charge on any atom is 0.241 e. The van der Waals surface area contributed by atoms with Gasteiger partial charge in [-0.15, -0.1) is 24.2 Å². The molecule has 0 aromatic heterocycles. The average Bonchev–Trinajstić information content (AvgIpc) is 2.28. The van der Waals surface area contributed by atoms with Gasteiger partial charge in [0.2, 0.25) is 10.0 Å². The van der Waals surface area contributed by atoms with Crippen molar-refractivity contribution in [2.24, 2.45) is 5.73 Å². The summed E-state index contributed by atoms with van der Waals surface area (Å²) in [4.78, 5) is 1.04. The Balaban J connectivity index is 0.00000256. The Labute approximate surface area is 113 Å². The molecule has 98 valence electrons. The lowest BCUT2D eigenvalue weighted by molar-refractivity contribution is 0.560. The molecule has 3 N–H and O–H groups in total. The van der Waals surface area contributed by atoms with Crippen molar-refractivity contribution in [3.63, 3.8) is 0 Å². The van der Waals surface area contributed by atoms with Crippen molar-refractivity contribution in [2.45, 2.75) is 22.8 Å². The summed E-state index contributed by atoms with van der Waals surface area (Å²) in [6, 6.07) is 6.64. The van der Waals surface area contributed by atoms with Crippen LogP contribution in [-0.4, -0.2) is 27.3 Å². The van der Waals surface area contributed by atoms with Gasteiger partial charge in [-0.25, -0.2) is 13.1 Å². The topological polar surface area (TPSA) is 72.2 Å². The van der Waals surface area contributed by atoms with Crippen molar-refractivity contribution in [3.05, 3.63) is 24.3 Å². The van der Waals surface area contributed by atoms with Crippen LogP contribution in [-0.2, 0) is 10.0 Å². The summed E-state index contributed by atoms with van der Waals surface area (Å²) in [6.07, 6.45) is 1.85. The van der Waals surface area contributed by atoms with E-state index < -0.39 is 10.0 Å².